The average Bonchev–Trinajstić information content (AvgIpc) is 3.03. The Balaban J connectivity index is 3.76. The summed E-state index contributed by atoms with van der Waals surface area (Å²) >= 11 is 0. The van der Waals surface area contributed by atoms with Crippen molar-refractivity contribution < 1.29 is 29.3 Å². The topological polar surface area (TPSA) is 93.1 Å². The van der Waals surface area contributed by atoms with Crippen LogP contribution in [0.25, 0.3) is 0 Å². The molecule has 0 aromatic rings. The van der Waals surface area contributed by atoms with Crippen molar-refractivity contribution in [1.29, 1.82) is 0 Å². The van der Waals surface area contributed by atoms with E-state index in [1.165, 1.54) is 96.3 Å². The molecule has 268 valence electrons. The molecular formula is C40H72O6. The van der Waals surface area contributed by atoms with Crippen LogP contribution < -0.4 is 0 Å². The maximum Gasteiger partial charge on any atom is 0.306 e. The van der Waals surface area contributed by atoms with Crippen molar-refractivity contribution in [2.75, 3.05) is 13.2 Å². The molecule has 0 aliphatic rings. The first-order chi connectivity index (χ1) is 22.4. The molecule has 1 unspecified atom stereocenters. The van der Waals surface area contributed by atoms with Crippen molar-refractivity contribution in [2.24, 2.45) is 5.92 Å². The Labute approximate surface area is 283 Å². The van der Waals surface area contributed by atoms with Crippen molar-refractivity contribution in [3.8, 4) is 0 Å². The summed E-state index contributed by atoms with van der Waals surface area (Å²) in [7, 11) is 0. The number of allylic oxidation sites excluding steroid dienone is 5. The Morgan fingerprint density at radius 1 is 0.652 bits per heavy atom. The van der Waals surface area contributed by atoms with Gasteiger partial charge in [0.1, 0.15) is 6.61 Å². The van der Waals surface area contributed by atoms with Crippen molar-refractivity contribution in [1.82, 2.24) is 0 Å². The number of rotatable bonds is 33. The third kappa shape index (κ3) is 33.4. The minimum atomic E-state index is -0.840. The van der Waals surface area contributed by atoms with Crippen LogP contribution in [0.3, 0.4) is 0 Å². The van der Waals surface area contributed by atoms with Crippen LogP contribution in [0.1, 0.15) is 175 Å². The van der Waals surface area contributed by atoms with E-state index in [0.717, 1.165) is 38.0 Å². The van der Waals surface area contributed by atoms with Gasteiger partial charge >= 0.3 is 11.9 Å². The van der Waals surface area contributed by atoms with Gasteiger partial charge in [-0.3, -0.25) is 9.59 Å². The van der Waals surface area contributed by atoms with Gasteiger partial charge in [0.2, 0.25) is 0 Å². The number of carbonyl (C=O) groups excluding carboxylic acids is 2. The Morgan fingerprint density at radius 2 is 1.24 bits per heavy atom. The first kappa shape index (κ1) is 44.1. The third-order valence-corrected chi connectivity index (χ3v) is 8.22. The van der Waals surface area contributed by atoms with E-state index in [1.807, 2.05) is 12.2 Å². The molecule has 0 aromatic carbocycles. The first-order valence-electron chi connectivity index (χ1n) is 19.0. The van der Waals surface area contributed by atoms with Gasteiger partial charge in [-0.05, 0) is 44.4 Å². The molecule has 0 bridgehead atoms. The largest absolute Gasteiger partial charge is 0.462 e. The molecule has 0 spiro atoms. The standard InChI is InChI=1S/C40H72O6/c1-4-5-6-7-8-9-10-11-14-17-20-23-26-30-37(42)31-28-33-39(43)45-35-38(34-41)46-40(44)32-27-24-21-18-15-12-13-16-19-22-25-29-36(2)3/h11,14,20,23,26,30,36-38,41-42H,4-10,12-13,15-19,21-22,24-25,27-29,31-35H2,1-3H3/b14-11+,23-20+,30-26+/t37?,38-/m0/s1. The number of ether oxygens (including phenoxy) is 2. The van der Waals surface area contributed by atoms with E-state index < -0.39 is 18.2 Å². The van der Waals surface area contributed by atoms with Crippen LogP contribution in [0, 0.1) is 5.92 Å². The minimum absolute atomic E-state index is 0.153. The molecule has 0 fully saturated rings. The molecule has 0 heterocycles. The van der Waals surface area contributed by atoms with Gasteiger partial charge in [-0.2, -0.15) is 0 Å². The summed E-state index contributed by atoms with van der Waals surface area (Å²) in [5.41, 5.74) is 0. The van der Waals surface area contributed by atoms with Gasteiger partial charge in [-0.25, -0.2) is 0 Å². The number of hydrogen-bond donors (Lipinski definition) is 2. The summed E-state index contributed by atoms with van der Waals surface area (Å²) in [5.74, 6) is 0.0360. The molecule has 46 heavy (non-hydrogen) atoms. The molecule has 0 aliphatic carbocycles. The normalized spacial score (nSPS) is 13.3. The summed E-state index contributed by atoms with van der Waals surface area (Å²) in [6, 6.07) is 0. The van der Waals surface area contributed by atoms with E-state index in [2.05, 4.69) is 39.0 Å². The molecular weight excluding hydrogens is 576 g/mol. The van der Waals surface area contributed by atoms with E-state index in [9.17, 15) is 19.8 Å². The number of aliphatic hydroxyl groups is 2. The summed E-state index contributed by atoms with van der Waals surface area (Å²) in [4.78, 5) is 24.2. The number of carbonyl (C=O) groups is 2. The Bertz CT molecular complexity index is 772. The van der Waals surface area contributed by atoms with Gasteiger partial charge in [-0.15, -0.1) is 0 Å². The molecule has 2 atom stereocenters. The second-order valence-corrected chi connectivity index (χ2v) is 13.3. The number of aliphatic hydroxyl groups excluding tert-OH is 2. The molecule has 0 radical (unpaired) electrons. The number of hydrogen-bond acceptors (Lipinski definition) is 6. The number of unbranched alkanes of at least 4 members (excludes halogenated alkanes) is 16. The zero-order valence-corrected chi connectivity index (χ0v) is 30.1. The SMILES string of the molecule is CCCCCCCC/C=C/C/C=C/C=C/C(O)CCCC(=O)OC[C@H](CO)OC(=O)CCCCCCCCCCCCCC(C)C. The summed E-state index contributed by atoms with van der Waals surface area (Å²) in [6.45, 7) is 6.29. The summed E-state index contributed by atoms with van der Waals surface area (Å²) in [5, 5.41) is 19.6. The Kier molecular flexibility index (Phi) is 33.0. The lowest BCUT2D eigenvalue weighted by Crippen LogP contribution is -2.28. The highest BCUT2D eigenvalue weighted by atomic mass is 16.6. The molecule has 0 amide bonds. The molecule has 2 N–H and O–H groups in total. The van der Waals surface area contributed by atoms with Gasteiger partial charge in [0.15, 0.2) is 6.10 Å². The lowest BCUT2D eigenvalue weighted by Gasteiger charge is -2.16. The smallest absolute Gasteiger partial charge is 0.306 e. The Morgan fingerprint density at radius 3 is 1.87 bits per heavy atom. The summed E-state index contributed by atoms with van der Waals surface area (Å²) in [6.07, 6.45) is 36.7. The maximum absolute atomic E-state index is 12.1. The van der Waals surface area contributed by atoms with E-state index in [1.54, 1.807) is 6.08 Å². The van der Waals surface area contributed by atoms with E-state index >= 15 is 0 Å². The van der Waals surface area contributed by atoms with Crippen molar-refractivity contribution in [3.63, 3.8) is 0 Å². The third-order valence-electron chi connectivity index (χ3n) is 8.22. The molecule has 0 aliphatic heterocycles. The fraction of sp³-hybridized carbons (Fsp3) is 0.800. The van der Waals surface area contributed by atoms with Crippen LogP contribution in [-0.4, -0.2) is 47.6 Å². The fourth-order valence-corrected chi connectivity index (χ4v) is 5.28. The highest BCUT2D eigenvalue weighted by Crippen LogP contribution is 2.15. The summed E-state index contributed by atoms with van der Waals surface area (Å²) < 4.78 is 10.5. The fourth-order valence-electron chi connectivity index (χ4n) is 5.28. The second-order valence-electron chi connectivity index (χ2n) is 13.3. The predicted molar refractivity (Wildman–Crippen MR) is 193 cm³/mol. The molecule has 0 saturated heterocycles. The van der Waals surface area contributed by atoms with Crippen LogP contribution in [0.5, 0.6) is 0 Å². The van der Waals surface area contributed by atoms with E-state index in [-0.39, 0.29) is 25.6 Å². The zero-order chi connectivity index (χ0) is 33.9. The number of esters is 2. The molecule has 0 aromatic heterocycles. The quantitative estimate of drug-likeness (QED) is 0.0318. The van der Waals surface area contributed by atoms with Crippen LogP contribution in [-0.2, 0) is 19.1 Å². The van der Waals surface area contributed by atoms with Crippen LogP contribution in [0.4, 0.5) is 0 Å². The highest BCUT2D eigenvalue weighted by Gasteiger charge is 2.16. The average molecular weight is 649 g/mol. The highest BCUT2D eigenvalue weighted by molar-refractivity contribution is 5.70. The monoisotopic (exact) mass is 649 g/mol. The first-order valence-corrected chi connectivity index (χ1v) is 19.0. The lowest BCUT2D eigenvalue weighted by molar-refractivity contribution is -0.161. The van der Waals surface area contributed by atoms with Crippen LogP contribution >= 0.6 is 0 Å². The second kappa shape index (κ2) is 34.4. The van der Waals surface area contributed by atoms with Gasteiger partial charge in [0.05, 0.1) is 12.7 Å². The molecule has 6 heteroatoms. The van der Waals surface area contributed by atoms with E-state index in [0.29, 0.717) is 19.3 Å². The molecule has 0 saturated carbocycles. The van der Waals surface area contributed by atoms with Gasteiger partial charge in [0.25, 0.3) is 0 Å². The molecule has 0 rings (SSSR count). The van der Waals surface area contributed by atoms with Crippen LogP contribution in [0.15, 0.2) is 36.5 Å². The minimum Gasteiger partial charge on any atom is -0.462 e. The lowest BCUT2D eigenvalue weighted by atomic mass is 10.0. The van der Waals surface area contributed by atoms with Gasteiger partial charge in [-0.1, -0.05) is 160 Å². The maximum atomic E-state index is 12.1. The van der Waals surface area contributed by atoms with E-state index in [4.69, 9.17) is 9.47 Å². The van der Waals surface area contributed by atoms with Gasteiger partial charge in [0, 0.05) is 12.8 Å². The van der Waals surface area contributed by atoms with Crippen molar-refractivity contribution in [3.05, 3.63) is 36.5 Å². The molecule has 6 nitrogen and oxygen atoms in total. The van der Waals surface area contributed by atoms with Crippen molar-refractivity contribution >= 4 is 11.9 Å². The zero-order valence-electron chi connectivity index (χ0n) is 30.1. The van der Waals surface area contributed by atoms with Crippen LogP contribution in [0.2, 0.25) is 0 Å². The van der Waals surface area contributed by atoms with Gasteiger partial charge < -0.3 is 19.7 Å². The van der Waals surface area contributed by atoms with Crippen molar-refractivity contribution in [2.45, 2.75) is 187 Å². The predicted octanol–water partition coefficient (Wildman–Crippen LogP) is 10.5. The Hall–Kier alpha value is -1.92.